The summed E-state index contributed by atoms with van der Waals surface area (Å²) in [6.07, 6.45) is 19.4. The summed E-state index contributed by atoms with van der Waals surface area (Å²) in [5.74, 6) is 8.96. The van der Waals surface area contributed by atoms with Crippen molar-refractivity contribution in [3.05, 3.63) is 93.6 Å². The van der Waals surface area contributed by atoms with Gasteiger partial charge < -0.3 is 56.4 Å². The minimum atomic E-state index is -1.22. The Kier molecular flexibility index (Phi) is 30.0. The van der Waals surface area contributed by atoms with Crippen molar-refractivity contribution in [3.8, 4) is 58.2 Å². The van der Waals surface area contributed by atoms with Gasteiger partial charge in [-0.2, -0.15) is 0 Å². The standard InChI is InChI=1S/C41H49N9O8.C23H30N6O5.C18H21N3O4/c1-4-49-35-29(24-44-27(20-21-41(2,3)56)33(35)46-37(49)34-36(42)48-58-47-34)57-23-12-7-5-6-10-17-30(51)43-22-11-8-9-14-25-15-13-16-26-32(25)40(55)50(39(26)54)28-18-19-31(52)45-38(28)53;1-4-29-20-16(33-13-9-7-5-6-8-10-17(30)31)14-25-15(11-12-23(2,3)32)18(20)26-22(29)19-21(24)28-34-27-19;19-10-3-1-2-5-11-6-4-7-12-15(11)18(25)21(17(12)24)13-8-9-14(22)20-16(13)23/h13,15-16,24,28,56H,4-12,14,17-19,22-23H2,1-3H3,(H2,42,48)(H,43,51)(H,45,52,53);14,32H,4-10,13H2,1-3H3,(H2,24,28)(H,30,31);4,6-7,13H,1-3,5,8-10,19H2,(H,20,22,23). The minimum Gasteiger partial charge on any atom is -0.490 e. The van der Waals surface area contributed by atoms with Crippen LogP contribution in [0.2, 0.25) is 0 Å². The molecule has 0 aliphatic carbocycles. The maximum Gasteiger partial charge on any atom is 0.303 e. The van der Waals surface area contributed by atoms with Gasteiger partial charge in [-0.05, 0) is 181 Å². The molecule has 2 fully saturated rings. The largest absolute Gasteiger partial charge is 0.490 e. The second-order valence-electron chi connectivity index (χ2n) is 29.8. The van der Waals surface area contributed by atoms with Gasteiger partial charge in [0.2, 0.25) is 29.5 Å². The Balaban J connectivity index is 0.000000206. The number of unbranched alkanes of at least 4 members (excludes halogenated alkanes) is 12. The molecule has 620 valence electrons. The number of piperidine rings is 2. The molecule has 2 saturated heterocycles. The van der Waals surface area contributed by atoms with Crippen molar-refractivity contribution >= 4 is 92.8 Å². The number of amides is 9. The van der Waals surface area contributed by atoms with Crippen molar-refractivity contribution in [3.63, 3.8) is 0 Å². The average Bonchev–Trinajstić information content (AvgIpc) is 1.62. The molecule has 2 aromatic carbocycles. The van der Waals surface area contributed by atoms with Crippen LogP contribution in [0.4, 0.5) is 11.6 Å². The van der Waals surface area contributed by atoms with Crippen LogP contribution >= 0.6 is 0 Å². The quantitative estimate of drug-likeness (QED) is 0.0105. The number of ether oxygens (including phenoxy) is 2. The number of nitrogens with zero attached hydrogens (tertiary/aromatic N) is 12. The van der Waals surface area contributed by atoms with Gasteiger partial charge in [0.1, 0.15) is 56.7 Å². The lowest BCUT2D eigenvalue weighted by Gasteiger charge is -2.27. The van der Waals surface area contributed by atoms with Crippen LogP contribution in [0.1, 0.15) is 247 Å². The Morgan fingerprint density at radius 1 is 0.564 bits per heavy atom. The van der Waals surface area contributed by atoms with Crippen LogP contribution in [0, 0.1) is 23.7 Å². The molecule has 12 N–H and O–H groups in total. The van der Waals surface area contributed by atoms with E-state index in [0.29, 0.717) is 150 Å². The minimum absolute atomic E-state index is 0.0177. The highest BCUT2D eigenvalue weighted by Crippen LogP contribution is 2.37. The molecule has 35 nitrogen and oxygen atoms in total. The number of rotatable bonds is 35. The fourth-order valence-electron chi connectivity index (χ4n) is 14.1. The van der Waals surface area contributed by atoms with Crippen molar-refractivity contribution in [1.82, 2.24) is 75.4 Å². The number of carboxylic acid groups (broad SMARTS) is 1. The lowest BCUT2D eigenvalue weighted by atomic mass is 9.98. The summed E-state index contributed by atoms with van der Waals surface area (Å²) in [6, 6.07) is 8.48. The van der Waals surface area contributed by atoms with Gasteiger partial charge in [0, 0.05) is 45.3 Å². The highest BCUT2D eigenvalue weighted by atomic mass is 16.6. The summed E-state index contributed by atoms with van der Waals surface area (Å²) in [5.41, 5.74) is 21.7. The first kappa shape index (κ1) is 87.1. The molecule has 0 radical (unpaired) electrons. The monoisotopic (exact) mass is 1610 g/mol. The van der Waals surface area contributed by atoms with E-state index in [1.165, 1.54) is 0 Å². The topological polar surface area (TPSA) is 510 Å². The fraction of sp³-hybridized carbons (Fsp3) is 0.488. The van der Waals surface area contributed by atoms with E-state index in [1.54, 1.807) is 64.4 Å². The van der Waals surface area contributed by atoms with Gasteiger partial charge in [0.15, 0.2) is 46.2 Å². The normalized spacial score (nSPS) is 15.2. The molecular formula is C82H100N18O17. The molecule has 117 heavy (non-hydrogen) atoms. The molecule has 0 saturated carbocycles. The fourth-order valence-corrected chi connectivity index (χ4v) is 14.1. The van der Waals surface area contributed by atoms with E-state index in [4.69, 9.17) is 46.0 Å². The number of anilines is 2. The molecule has 2 unspecified atom stereocenters. The molecule has 4 aliphatic rings. The van der Waals surface area contributed by atoms with Crippen molar-refractivity contribution in [1.29, 1.82) is 0 Å². The maximum absolute atomic E-state index is 13.3. The molecule has 35 heteroatoms. The highest BCUT2D eigenvalue weighted by molar-refractivity contribution is 6.25. The smallest absolute Gasteiger partial charge is 0.303 e. The van der Waals surface area contributed by atoms with Gasteiger partial charge >= 0.3 is 5.97 Å². The van der Waals surface area contributed by atoms with Crippen LogP contribution < -0.4 is 42.6 Å². The molecule has 4 aliphatic heterocycles. The van der Waals surface area contributed by atoms with E-state index in [2.05, 4.69) is 75.2 Å². The first-order chi connectivity index (χ1) is 56.1. The Morgan fingerprint density at radius 2 is 0.983 bits per heavy atom. The van der Waals surface area contributed by atoms with Crippen molar-refractivity contribution < 1.29 is 82.0 Å². The number of nitrogens with one attached hydrogen (secondary N) is 3. The molecule has 10 heterocycles. The number of carbonyl (C=O) groups excluding carboxylic acids is 9. The van der Waals surface area contributed by atoms with Gasteiger partial charge in [-0.3, -0.25) is 68.4 Å². The third-order valence-corrected chi connectivity index (χ3v) is 19.8. The summed E-state index contributed by atoms with van der Waals surface area (Å²) in [7, 11) is 0. The van der Waals surface area contributed by atoms with Crippen LogP contribution in [0.5, 0.6) is 11.5 Å². The number of carbonyl (C=O) groups is 10. The summed E-state index contributed by atoms with van der Waals surface area (Å²) in [5, 5.41) is 51.5. The molecule has 9 amide bonds. The van der Waals surface area contributed by atoms with Crippen LogP contribution in [0.25, 0.3) is 45.1 Å². The van der Waals surface area contributed by atoms with Crippen LogP contribution in [0.15, 0.2) is 58.0 Å². The zero-order valence-electron chi connectivity index (χ0n) is 66.6. The first-order valence-corrected chi connectivity index (χ1v) is 39.7. The Bertz CT molecular complexity index is 5140. The third-order valence-electron chi connectivity index (χ3n) is 19.8. The Hall–Kier alpha value is -12.3. The summed E-state index contributed by atoms with van der Waals surface area (Å²) in [6.45, 7) is 13.4. The molecule has 8 aromatic rings. The van der Waals surface area contributed by atoms with Crippen LogP contribution in [0.3, 0.4) is 0 Å². The van der Waals surface area contributed by atoms with E-state index in [-0.39, 0.29) is 61.1 Å². The first-order valence-electron chi connectivity index (χ1n) is 39.7. The molecule has 2 atom stereocenters. The lowest BCUT2D eigenvalue weighted by molar-refractivity contribution is -0.138. The summed E-state index contributed by atoms with van der Waals surface area (Å²) < 4.78 is 25.6. The summed E-state index contributed by atoms with van der Waals surface area (Å²) in [4.78, 5) is 143. The number of aliphatic carboxylic acids is 1. The van der Waals surface area contributed by atoms with Gasteiger partial charge in [-0.25, -0.2) is 29.2 Å². The zero-order valence-corrected chi connectivity index (χ0v) is 66.6. The SMILES string of the molecule is CCn1c(-c2nonc2N)nc2c(C#CC(C)(C)O)ncc(OCCCCCCCC(=O)NCCCCCc3cccc4c3C(=O)N(C3CCC(=O)NC3=O)C4=O)c21.CCn1c(-c2nonc2N)nc2c(C#CC(C)(C)O)ncc(OCCCCCCCC(=O)O)c21.NCCCCCc1cccc2c1C(=O)N(C1CCC(=O)NC1=O)C2=O. The molecule has 12 rings (SSSR count). The summed E-state index contributed by atoms with van der Waals surface area (Å²) >= 11 is 0. The number of aryl methyl sites for hydroxylation is 4. The van der Waals surface area contributed by atoms with E-state index >= 15 is 0 Å². The number of nitrogens with two attached hydrogens (primary N) is 3. The number of imide groups is 4. The zero-order chi connectivity index (χ0) is 84.1. The number of benzene rings is 2. The van der Waals surface area contributed by atoms with Gasteiger partial charge in [0.25, 0.3) is 23.6 Å². The third kappa shape index (κ3) is 22.0. The second kappa shape index (κ2) is 40.3. The number of nitrogen functional groups attached to an aromatic ring is 2. The maximum atomic E-state index is 13.3. The van der Waals surface area contributed by atoms with Gasteiger partial charge in [-0.15, -0.1) is 0 Å². The number of hydrogen-bond acceptors (Lipinski definition) is 27. The van der Waals surface area contributed by atoms with Crippen LogP contribution in [-0.4, -0.2) is 184 Å². The second-order valence-corrected chi connectivity index (χ2v) is 29.8. The van der Waals surface area contributed by atoms with Crippen molar-refractivity contribution in [2.45, 2.75) is 232 Å². The van der Waals surface area contributed by atoms with Crippen molar-refractivity contribution in [2.24, 2.45) is 5.73 Å². The average molecular weight is 1610 g/mol. The number of imidazole rings is 2. The number of fused-ring (bicyclic) bond motifs is 4. The predicted molar refractivity (Wildman–Crippen MR) is 426 cm³/mol. The van der Waals surface area contributed by atoms with E-state index < -0.39 is 70.6 Å². The number of pyridine rings is 2. The van der Waals surface area contributed by atoms with Crippen molar-refractivity contribution in [2.75, 3.05) is 37.8 Å². The Labute approximate surface area is 674 Å². The number of hydrogen-bond donors (Lipinski definition) is 9. The number of carboxylic acids is 1. The number of aromatic nitrogens is 10. The Morgan fingerprint density at radius 3 is 1.38 bits per heavy atom. The molecular weight excluding hydrogens is 1510 g/mol. The van der Waals surface area contributed by atoms with Gasteiger partial charge in [-0.1, -0.05) is 87.5 Å². The van der Waals surface area contributed by atoms with E-state index in [0.717, 1.165) is 117 Å². The molecule has 6 aromatic heterocycles. The van der Waals surface area contributed by atoms with E-state index in [1.807, 2.05) is 35.1 Å². The molecule has 0 spiro atoms. The highest BCUT2D eigenvalue weighted by Gasteiger charge is 2.47. The molecule has 0 bridgehead atoms. The number of aliphatic hydroxyl groups is 2. The van der Waals surface area contributed by atoms with E-state index in [9.17, 15) is 58.2 Å². The van der Waals surface area contributed by atoms with Crippen LogP contribution in [-0.2, 0) is 54.7 Å². The predicted octanol–water partition coefficient (Wildman–Crippen LogP) is 7.62. The van der Waals surface area contributed by atoms with Gasteiger partial charge in [0.05, 0.1) is 47.9 Å². The lowest BCUT2D eigenvalue weighted by Crippen LogP contribution is -2.54.